The molecule has 72 valence electrons. The highest BCUT2D eigenvalue weighted by Crippen LogP contribution is 2.30. The number of aromatic nitrogens is 2. The third kappa shape index (κ3) is 1.82. The Labute approximate surface area is 102 Å². The highest BCUT2D eigenvalue weighted by atomic mass is 79.9. The zero-order valence-corrected chi connectivity index (χ0v) is 10.9. The fourth-order valence-electron chi connectivity index (χ4n) is 0.951. The second-order valence-corrected chi connectivity index (χ2v) is 5.01. The molecule has 0 unspecified atom stereocenters. The van der Waals surface area contributed by atoms with Crippen LogP contribution in [0.5, 0.6) is 0 Å². The fraction of sp³-hybridized carbons (Fsp3) is 0. The smallest absolute Gasteiger partial charge is 0.163 e. The molecule has 0 aliphatic heterocycles. The maximum atomic E-state index is 5.67. The van der Waals surface area contributed by atoms with Gasteiger partial charge in [-0.2, -0.15) is 11.3 Å². The van der Waals surface area contributed by atoms with Crippen LogP contribution in [-0.2, 0) is 0 Å². The van der Waals surface area contributed by atoms with E-state index in [0.717, 1.165) is 10.0 Å². The van der Waals surface area contributed by atoms with E-state index in [1.54, 1.807) is 17.5 Å². The van der Waals surface area contributed by atoms with Crippen molar-refractivity contribution in [2.24, 2.45) is 0 Å². The van der Waals surface area contributed by atoms with Gasteiger partial charge in [0.25, 0.3) is 0 Å². The Kier molecular flexibility index (Phi) is 2.85. The van der Waals surface area contributed by atoms with E-state index in [1.165, 1.54) is 0 Å². The highest BCUT2D eigenvalue weighted by molar-refractivity contribution is 9.11. The van der Waals surface area contributed by atoms with Gasteiger partial charge in [0.1, 0.15) is 5.82 Å². The Bertz CT molecular complexity index is 469. The van der Waals surface area contributed by atoms with Crippen LogP contribution in [0.1, 0.15) is 0 Å². The third-order valence-electron chi connectivity index (χ3n) is 1.63. The summed E-state index contributed by atoms with van der Waals surface area (Å²) in [4.78, 5) is 8.35. The number of nitrogen functional groups attached to an aromatic ring is 1. The zero-order valence-electron chi connectivity index (χ0n) is 6.87. The number of halogens is 2. The number of nitrogens with zero attached hydrogens (tertiary/aromatic N) is 2. The second-order valence-electron chi connectivity index (χ2n) is 2.56. The number of nitrogens with two attached hydrogens (primary N) is 1. The molecule has 0 radical (unpaired) electrons. The lowest BCUT2D eigenvalue weighted by Crippen LogP contribution is -1.95. The molecule has 2 aromatic rings. The van der Waals surface area contributed by atoms with Crippen molar-refractivity contribution in [1.82, 2.24) is 9.97 Å². The number of rotatable bonds is 1. The first-order chi connectivity index (χ1) is 6.68. The van der Waals surface area contributed by atoms with Gasteiger partial charge in [-0.1, -0.05) is 0 Å². The standard InChI is InChI=1S/C8H5Br2N3S/c9-5-1-12-8(13-7(5)11)4-2-14-3-6(4)10/h1-3H,(H2,11,12,13). The molecule has 2 heterocycles. The largest absolute Gasteiger partial charge is 0.383 e. The van der Waals surface area contributed by atoms with Gasteiger partial charge >= 0.3 is 0 Å². The summed E-state index contributed by atoms with van der Waals surface area (Å²) >= 11 is 8.27. The lowest BCUT2D eigenvalue weighted by atomic mass is 10.3. The monoisotopic (exact) mass is 333 g/mol. The lowest BCUT2D eigenvalue weighted by molar-refractivity contribution is 1.17. The Morgan fingerprint density at radius 1 is 1.21 bits per heavy atom. The van der Waals surface area contributed by atoms with Crippen molar-refractivity contribution in [3.63, 3.8) is 0 Å². The number of thiophene rings is 1. The molecule has 0 fully saturated rings. The van der Waals surface area contributed by atoms with E-state index in [4.69, 9.17) is 5.73 Å². The molecule has 2 N–H and O–H groups in total. The molecular formula is C8H5Br2N3S. The van der Waals surface area contributed by atoms with Gasteiger partial charge in [-0.15, -0.1) is 0 Å². The Morgan fingerprint density at radius 3 is 2.57 bits per heavy atom. The molecule has 0 aromatic carbocycles. The minimum Gasteiger partial charge on any atom is -0.383 e. The molecule has 0 atom stereocenters. The van der Waals surface area contributed by atoms with Crippen molar-refractivity contribution >= 4 is 49.0 Å². The van der Waals surface area contributed by atoms with Gasteiger partial charge in [0.15, 0.2) is 5.82 Å². The average molecular weight is 335 g/mol. The molecule has 2 aromatic heterocycles. The van der Waals surface area contributed by atoms with Crippen LogP contribution in [0.25, 0.3) is 11.4 Å². The van der Waals surface area contributed by atoms with E-state index in [9.17, 15) is 0 Å². The van der Waals surface area contributed by atoms with Crippen LogP contribution in [-0.4, -0.2) is 9.97 Å². The molecule has 2 rings (SSSR count). The van der Waals surface area contributed by atoms with Crippen LogP contribution in [0.15, 0.2) is 25.9 Å². The molecule has 0 aliphatic rings. The topological polar surface area (TPSA) is 51.8 Å². The Balaban J connectivity index is 2.53. The number of hydrogen-bond acceptors (Lipinski definition) is 4. The molecule has 0 bridgehead atoms. The quantitative estimate of drug-likeness (QED) is 0.870. The fourth-order valence-corrected chi connectivity index (χ4v) is 2.59. The van der Waals surface area contributed by atoms with Crippen molar-refractivity contribution < 1.29 is 0 Å². The SMILES string of the molecule is Nc1nc(-c2cscc2Br)ncc1Br. The van der Waals surface area contributed by atoms with Gasteiger partial charge in [-0.05, 0) is 31.9 Å². The third-order valence-corrected chi connectivity index (χ3v) is 3.94. The maximum Gasteiger partial charge on any atom is 0.163 e. The minimum atomic E-state index is 0.452. The van der Waals surface area contributed by atoms with Crippen LogP contribution >= 0.6 is 43.2 Å². The van der Waals surface area contributed by atoms with Gasteiger partial charge in [-0.3, -0.25) is 0 Å². The number of hydrogen-bond donors (Lipinski definition) is 1. The molecule has 0 spiro atoms. The normalized spacial score (nSPS) is 10.4. The molecule has 3 nitrogen and oxygen atoms in total. The molecular weight excluding hydrogens is 330 g/mol. The predicted molar refractivity (Wildman–Crippen MR) is 65.2 cm³/mol. The summed E-state index contributed by atoms with van der Waals surface area (Å²) in [5, 5.41) is 3.96. The maximum absolute atomic E-state index is 5.67. The van der Waals surface area contributed by atoms with E-state index in [1.807, 2.05) is 10.8 Å². The molecule has 0 saturated heterocycles. The van der Waals surface area contributed by atoms with E-state index in [0.29, 0.717) is 16.1 Å². The summed E-state index contributed by atoms with van der Waals surface area (Å²) in [5.74, 6) is 1.09. The minimum absolute atomic E-state index is 0.452. The molecule has 0 saturated carbocycles. The van der Waals surface area contributed by atoms with Crippen molar-refractivity contribution in [2.75, 3.05) is 5.73 Å². The van der Waals surface area contributed by atoms with Gasteiger partial charge in [-0.25, -0.2) is 9.97 Å². The van der Waals surface area contributed by atoms with E-state index < -0.39 is 0 Å². The first-order valence-corrected chi connectivity index (χ1v) is 6.21. The summed E-state index contributed by atoms with van der Waals surface area (Å²) in [5.41, 5.74) is 6.63. The summed E-state index contributed by atoms with van der Waals surface area (Å²) in [7, 11) is 0. The van der Waals surface area contributed by atoms with Crippen molar-refractivity contribution in [1.29, 1.82) is 0 Å². The zero-order chi connectivity index (χ0) is 10.1. The molecule has 14 heavy (non-hydrogen) atoms. The van der Waals surface area contributed by atoms with E-state index >= 15 is 0 Å². The lowest BCUT2D eigenvalue weighted by Gasteiger charge is -2.00. The van der Waals surface area contributed by atoms with Gasteiger partial charge < -0.3 is 5.73 Å². The van der Waals surface area contributed by atoms with Crippen LogP contribution < -0.4 is 5.73 Å². The van der Waals surface area contributed by atoms with Crippen molar-refractivity contribution in [3.8, 4) is 11.4 Å². The van der Waals surface area contributed by atoms with E-state index in [-0.39, 0.29) is 0 Å². The summed E-state index contributed by atoms with van der Waals surface area (Å²) < 4.78 is 1.71. The second kappa shape index (κ2) is 3.96. The first kappa shape index (κ1) is 10.1. The van der Waals surface area contributed by atoms with E-state index in [2.05, 4.69) is 41.8 Å². The summed E-state index contributed by atoms with van der Waals surface area (Å²) in [6, 6.07) is 0. The van der Waals surface area contributed by atoms with Gasteiger partial charge in [0, 0.05) is 27.0 Å². The first-order valence-electron chi connectivity index (χ1n) is 3.68. The van der Waals surface area contributed by atoms with Crippen LogP contribution in [0.3, 0.4) is 0 Å². The van der Waals surface area contributed by atoms with Gasteiger partial charge in [0.05, 0.1) is 4.47 Å². The average Bonchev–Trinajstić information content (AvgIpc) is 2.57. The summed E-state index contributed by atoms with van der Waals surface area (Å²) in [6.45, 7) is 0. The summed E-state index contributed by atoms with van der Waals surface area (Å²) in [6.07, 6.45) is 1.65. The molecule has 0 aliphatic carbocycles. The number of anilines is 1. The molecule has 0 amide bonds. The van der Waals surface area contributed by atoms with Crippen molar-refractivity contribution in [2.45, 2.75) is 0 Å². The Morgan fingerprint density at radius 2 is 2.00 bits per heavy atom. The van der Waals surface area contributed by atoms with Crippen LogP contribution in [0.4, 0.5) is 5.82 Å². The Hall–Kier alpha value is -0.460. The van der Waals surface area contributed by atoms with Gasteiger partial charge in [0.2, 0.25) is 0 Å². The van der Waals surface area contributed by atoms with Crippen LogP contribution in [0.2, 0.25) is 0 Å². The predicted octanol–water partition coefficient (Wildman–Crippen LogP) is 3.31. The van der Waals surface area contributed by atoms with Crippen LogP contribution in [0, 0.1) is 0 Å². The van der Waals surface area contributed by atoms with Crippen molar-refractivity contribution in [3.05, 3.63) is 25.9 Å². The molecule has 6 heteroatoms. The highest BCUT2D eigenvalue weighted by Gasteiger charge is 2.08.